The molecule has 6 rings (SSSR count). The summed E-state index contributed by atoms with van der Waals surface area (Å²) in [5, 5.41) is 35.9. The number of para-hydroxylation sites is 2. The molecular formula is C44H55N5O6. The van der Waals surface area contributed by atoms with Gasteiger partial charge in [-0.05, 0) is 76.1 Å². The lowest BCUT2D eigenvalue weighted by Gasteiger charge is -2.45. The molecule has 1 aliphatic heterocycles. The Balaban J connectivity index is 1.24. The third-order valence-electron chi connectivity index (χ3n) is 11.9. The number of H-pyrrole nitrogens is 1. The predicted octanol–water partition coefficient (Wildman–Crippen LogP) is 5.63. The monoisotopic (exact) mass is 749 g/mol. The summed E-state index contributed by atoms with van der Waals surface area (Å²) in [6, 6.07) is 12.3. The lowest BCUT2D eigenvalue weighted by molar-refractivity contribution is -0.146. The average Bonchev–Trinajstić information content (AvgIpc) is 3.69. The van der Waals surface area contributed by atoms with Gasteiger partial charge in [-0.15, -0.1) is 0 Å². The molecule has 0 radical (unpaired) electrons. The van der Waals surface area contributed by atoms with Crippen molar-refractivity contribution in [3.63, 3.8) is 0 Å². The Morgan fingerprint density at radius 1 is 1.02 bits per heavy atom. The van der Waals surface area contributed by atoms with E-state index in [4.69, 9.17) is 0 Å². The van der Waals surface area contributed by atoms with E-state index in [9.17, 15) is 24.6 Å². The summed E-state index contributed by atoms with van der Waals surface area (Å²) in [6.07, 6.45) is 7.80. The highest BCUT2D eigenvalue weighted by molar-refractivity contribution is 6.10. The number of allylic oxidation sites excluding steroid dienone is 4. The van der Waals surface area contributed by atoms with E-state index in [1.165, 1.54) is 6.20 Å². The molecule has 11 nitrogen and oxygen atoms in total. The number of nitrogens with one attached hydrogen (secondary N) is 5. The number of aromatic amines is 1. The number of carbonyl (C=O) groups is 4. The number of fused-ring (bicyclic) bond motifs is 1. The molecule has 1 unspecified atom stereocenters. The first-order valence-electron chi connectivity index (χ1n) is 19.5. The molecule has 292 valence electrons. The number of ketones is 1. The topological polar surface area (TPSA) is 173 Å². The molecule has 1 fully saturated rings. The summed E-state index contributed by atoms with van der Waals surface area (Å²) >= 11 is 0. The van der Waals surface area contributed by atoms with E-state index in [2.05, 4.69) is 60.0 Å². The molecule has 2 heterocycles. The van der Waals surface area contributed by atoms with Crippen molar-refractivity contribution in [2.45, 2.75) is 97.6 Å². The Bertz CT molecular complexity index is 2030. The van der Waals surface area contributed by atoms with Gasteiger partial charge in [-0.2, -0.15) is 0 Å². The smallest absolute Gasteiger partial charge is 0.254 e. The van der Waals surface area contributed by atoms with Crippen LogP contribution in [0.2, 0.25) is 0 Å². The number of benzene rings is 2. The molecule has 0 saturated carbocycles. The fourth-order valence-electron chi connectivity index (χ4n) is 8.95. The molecule has 2 aliphatic carbocycles. The van der Waals surface area contributed by atoms with Crippen LogP contribution in [-0.4, -0.2) is 69.0 Å². The fraction of sp³-hybridized carbons (Fsp3) is 0.455. The van der Waals surface area contributed by atoms with Gasteiger partial charge in [-0.25, -0.2) is 0 Å². The van der Waals surface area contributed by atoms with Gasteiger partial charge in [0.1, 0.15) is 17.6 Å². The molecule has 1 spiro atoms. The molecule has 55 heavy (non-hydrogen) atoms. The number of hydrogen-bond donors (Lipinski definition) is 7. The number of amides is 3. The van der Waals surface area contributed by atoms with Gasteiger partial charge in [0.2, 0.25) is 11.8 Å². The van der Waals surface area contributed by atoms with Crippen LogP contribution >= 0.6 is 0 Å². The van der Waals surface area contributed by atoms with Crippen LogP contribution in [0.4, 0.5) is 5.69 Å². The molecule has 9 atom stereocenters. The lowest BCUT2D eigenvalue weighted by atomic mass is 9.54. The van der Waals surface area contributed by atoms with Gasteiger partial charge in [0.05, 0.1) is 17.7 Å². The van der Waals surface area contributed by atoms with E-state index < -0.39 is 47.4 Å². The van der Waals surface area contributed by atoms with E-state index in [1.807, 2.05) is 43.5 Å². The van der Waals surface area contributed by atoms with Crippen molar-refractivity contribution in [1.29, 1.82) is 0 Å². The van der Waals surface area contributed by atoms with E-state index in [0.717, 1.165) is 34.0 Å². The number of rotatable bonds is 9. The van der Waals surface area contributed by atoms with Crippen molar-refractivity contribution in [2.75, 3.05) is 5.32 Å². The van der Waals surface area contributed by atoms with Gasteiger partial charge < -0.3 is 36.5 Å². The summed E-state index contributed by atoms with van der Waals surface area (Å²) in [7, 11) is 0. The van der Waals surface area contributed by atoms with Crippen molar-refractivity contribution in [1.82, 2.24) is 20.9 Å². The van der Waals surface area contributed by atoms with Gasteiger partial charge in [0.25, 0.3) is 5.91 Å². The van der Waals surface area contributed by atoms with Crippen LogP contribution in [0.25, 0.3) is 17.0 Å². The van der Waals surface area contributed by atoms with Gasteiger partial charge in [0, 0.05) is 58.8 Å². The molecule has 1 saturated heterocycles. The van der Waals surface area contributed by atoms with E-state index in [-0.39, 0.29) is 53.9 Å². The third-order valence-corrected chi connectivity index (χ3v) is 11.9. The SMILES string of the molecule is CC1=C[C@@H]2/C=C(\C)CC[C@@H](O)[C@@H](O)C(Nc3ccccc3C(=O)N[C@H](C)C(=O)N/C=C/c3c[nH]c4ccccc34)CC(=O)[C@]23C(=O)N[C@@H](CC(C)C)[C@@H]3[C@@H]1C. The van der Waals surface area contributed by atoms with Crippen LogP contribution in [0.5, 0.6) is 0 Å². The van der Waals surface area contributed by atoms with Gasteiger partial charge >= 0.3 is 0 Å². The second-order valence-electron chi connectivity index (χ2n) is 16.2. The Morgan fingerprint density at radius 3 is 2.51 bits per heavy atom. The summed E-state index contributed by atoms with van der Waals surface area (Å²) in [5.41, 5.74) is 3.03. The largest absolute Gasteiger partial charge is 0.390 e. The van der Waals surface area contributed by atoms with Crippen LogP contribution in [-0.2, 0) is 14.4 Å². The summed E-state index contributed by atoms with van der Waals surface area (Å²) in [6.45, 7) is 11.9. The summed E-state index contributed by atoms with van der Waals surface area (Å²) < 4.78 is 0. The second-order valence-corrected chi connectivity index (χ2v) is 16.2. The van der Waals surface area contributed by atoms with Crippen LogP contribution in [0.3, 0.4) is 0 Å². The molecule has 11 heteroatoms. The molecule has 3 aliphatic rings. The van der Waals surface area contributed by atoms with Crippen LogP contribution in [0.1, 0.15) is 83.1 Å². The van der Waals surface area contributed by atoms with Crippen molar-refractivity contribution in [2.24, 2.45) is 29.1 Å². The molecule has 1 aromatic heterocycles. The molecular weight excluding hydrogens is 695 g/mol. The maximum Gasteiger partial charge on any atom is 0.254 e. The van der Waals surface area contributed by atoms with Gasteiger partial charge in [0.15, 0.2) is 5.78 Å². The average molecular weight is 750 g/mol. The first kappa shape index (κ1) is 39.7. The number of anilines is 1. The van der Waals surface area contributed by atoms with E-state index in [0.29, 0.717) is 12.1 Å². The van der Waals surface area contributed by atoms with Crippen molar-refractivity contribution in [3.05, 3.63) is 95.4 Å². The van der Waals surface area contributed by atoms with Crippen LogP contribution in [0.15, 0.2) is 84.2 Å². The minimum Gasteiger partial charge on any atom is -0.390 e. The fourth-order valence-corrected chi connectivity index (χ4v) is 8.95. The summed E-state index contributed by atoms with van der Waals surface area (Å²) in [4.78, 5) is 59.3. The van der Waals surface area contributed by atoms with Gasteiger partial charge in [-0.3, -0.25) is 19.2 Å². The third kappa shape index (κ3) is 7.91. The highest BCUT2D eigenvalue weighted by Crippen LogP contribution is 2.55. The second kappa shape index (κ2) is 16.4. The quantitative estimate of drug-likeness (QED) is 0.110. The Morgan fingerprint density at radius 2 is 1.75 bits per heavy atom. The number of aliphatic hydroxyl groups excluding tert-OH is 2. The maximum atomic E-state index is 15.0. The minimum absolute atomic E-state index is 0.0451. The number of hydrogen-bond acceptors (Lipinski definition) is 7. The maximum absolute atomic E-state index is 15.0. The number of aliphatic hydroxyl groups is 2. The van der Waals surface area contributed by atoms with Crippen molar-refractivity contribution < 1.29 is 29.4 Å². The zero-order chi connectivity index (χ0) is 39.6. The Labute approximate surface area is 323 Å². The molecule has 2 aromatic carbocycles. The first-order valence-corrected chi connectivity index (χ1v) is 19.5. The minimum atomic E-state index is -1.41. The highest BCUT2D eigenvalue weighted by atomic mass is 16.3. The van der Waals surface area contributed by atoms with Crippen molar-refractivity contribution in [3.8, 4) is 0 Å². The first-order chi connectivity index (χ1) is 26.2. The van der Waals surface area contributed by atoms with Gasteiger partial charge in [-0.1, -0.05) is 74.4 Å². The van der Waals surface area contributed by atoms with Crippen LogP contribution in [0, 0.1) is 29.1 Å². The van der Waals surface area contributed by atoms with E-state index in [1.54, 1.807) is 37.3 Å². The zero-order valence-electron chi connectivity index (χ0n) is 32.6. The predicted molar refractivity (Wildman–Crippen MR) is 215 cm³/mol. The number of Topliss-reactive ketones (excluding diaryl/α,β-unsaturated/α-hetero) is 1. The van der Waals surface area contributed by atoms with E-state index >= 15 is 4.79 Å². The zero-order valence-corrected chi connectivity index (χ0v) is 32.6. The van der Waals surface area contributed by atoms with Crippen LogP contribution < -0.4 is 21.3 Å². The number of aromatic nitrogens is 1. The lowest BCUT2D eigenvalue weighted by Crippen LogP contribution is -2.54. The molecule has 3 aromatic rings. The summed E-state index contributed by atoms with van der Waals surface area (Å²) in [5.74, 6) is -2.13. The normalized spacial score (nSPS) is 30.0. The highest BCUT2D eigenvalue weighted by Gasteiger charge is 2.65. The standard InChI is InChI=1S/C44H55N5O6/c1-24(2)19-35-39-27(5)26(4)21-30-20-25(3)15-16-37(50)40(52)36(22-38(51)44(30,39)43(55)49-35)48-34-14-10-8-12-32(34)42(54)47-28(6)41(53)45-18-17-29-23-46-33-13-9-7-11-31(29)33/h7-14,17-18,20-21,23-24,27-28,30,35-37,39-40,46,48,50,52H,15-16,19,22H2,1-6H3,(H,45,53)(H,47,54)(H,49,55)/b18-17+,25-20+/t27-,28-,30+,35+,36?,37-,39+,40+,44-/m1/s1. The molecule has 7 N–H and O–H groups in total. The molecule has 0 bridgehead atoms. The Kier molecular flexibility index (Phi) is 11.8. The van der Waals surface area contributed by atoms with Crippen molar-refractivity contribution >= 4 is 46.2 Å². The Hall–Kier alpha value is -5.00. The number of carbonyl (C=O) groups excluding carboxylic acids is 4. The molecule has 3 amide bonds.